The average Bonchev–Trinajstić information content (AvgIpc) is 1.94. The van der Waals surface area contributed by atoms with Gasteiger partial charge in [0.1, 0.15) is 6.34 Å². The van der Waals surface area contributed by atoms with Gasteiger partial charge in [0.2, 0.25) is 0 Å². The maximum atomic E-state index is 3.84. The predicted molar refractivity (Wildman–Crippen MR) is 44.5 cm³/mol. The number of nitrogens with zero attached hydrogens (tertiary/aromatic N) is 2. The zero-order chi connectivity index (χ0) is 7.54. The van der Waals surface area contributed by atoms with Gasteiger partial charge in [-0.25, -0.2) is 4.99 Å². The summed E-state index contributed by atoms with van der Waals surface area (Å²) in [4.78, 5) is 7.58. The molecule has 0 aliphatic carbocycles. The molecule has 0 aromatic rings. The van der Waals surface area contributed by atoms with Gasteiger partial charge >= 0.3 is 0 Å². The van der Waals surface area contributed by atoms with Gasteiger partial charge in [0.25, 0.3) is 0 Å². The largest absolute Gasteiger partial charge is 0.274 e. The molecule has 0 atom stereocenters. The zero-order valence-electron chi connectivity index (χ0n) is 6.76. The third-order valence-corrected chi connectivity index (χ3v) is 0.480. The molecule has 0 aliphatic heterocycles. The molecule has 2 nitrogen and oxygen atoms in total. The van der Waals surface area contributed by atoms with Crippen molar-refractivity contribution in [1.82, 2.24) is 0 Å². The summed E-state index contributed by atoms with van der Waals surface area (Å²) in [6.45, 7) is 8.65. The molecule has 0 aromatic carbocycles. The topological polar surface area (TPSA) is 24.7 Å². The minimum absolute atomic E-state index is 0.817. The van der Waals surface area contributed by atoms with Crippen molar-refractivity contribution in [3.63, 3.8) is 0 Å². The molecule has 0 rings (SSSR count). The number of hydrogen-bond donors (Lipinski definition) is 0. The van der Waals surface area contributed by atoms with Crippen LogP contribution in [0.3, 0.4) is 0 Å². The van der Waals surface area contributed by atoms with Gasteiger partial charge in [-0.3, -0.25) is 4.99 Å². The van der Waals surface area contributed by atoms with E-state index in [1.807, 2.05) is 27.7 Å². The third-order valence-electron chi connectivity index (χ3n) is 0.480. The second kappa shape index (κ2) is 15.7. The van der Waals surface area contributed by atoms with Crippen molar-refractivity contribution in [3.8, 4) is 0 Å². The van der Waals surface area contributed by atoms with E-state index in [9.17, 15) is 0 Å². The summed E-state index contributed by atoms with van der Waals surface area (Å²) in [5.74, 6) is 0. The average molecular weight is 128 g/mol. The summed E-state index contributed by atoms with van der Waals surface area (Å²) in [7, 11) is 0. The molecule has 2 heteroatoms. The lowest BCUT2D eigenvalue weighted by Crippen LogP contribution is -1.68. The van der Waals surface area contributed by atoms with E-state index in [1.54, 1.807) is 12.6 Å². The van der Waals surface area contributed by atoms with Crippen LogP contribution in [-0.2, 0) is 0 Å². The van der Waals surface area contributed by atoms with E-state index in [2.05, 4.69) is 9.98 Å². The highest BCUT2D eigenvalue weighted by atomic mass is 14.8. The second-order valence-corrected chi connectivity index (χ2v) is 1.02. The summed E-state index contributed by atoms with van der Waals surface area (Å²) >= 11 is 0. The van der Waals surface area contributed by atoms with Crippen molar-refractivity contribution < 1.29 is 0 Å². The molecule has 0 aliphatic rings. The molecule has 0 N–H and O–H groups in total. The summed E-state index contributed by atoms with van der Waals surface area (Å²) in [6.07, 6.45) is 3.26. The van der Waals surface area contributed by atoms with Crippen molar-refractivity contribution in [2.24, 2.45) is 9.98 Å². The second-order valence-electron chi connectivity index (χ2n) is 1.02. The Bertz CT molecular complexity index is 75.0. The van der Waals surface area contributed by atoms with Gasteiger partial charge in [0.05, 0.1) is 0 Å². The maximum Gasteiger partial charge on any atom is 0.109 e. The van der Waals surface area contributed by atoms with E-state index in [1.165, 1.54) is 0 Å². The molecule has 9 heavy (non-hydrogen) atoms. The Hall–Kier alpha value is -0.660. The standard InChI is InChI=1S/C5H10N2.C2H6/c1-3-6-5-7-4-2;1-2/h3,5H,4H2,1-2H3;1-2H3. The minimum atomic E-state index is 0.817. The lowest BCUT2D eigenvalue weighted by molar-refractivity contribution is 1.14. The van der Waals surface area contributed by atoms with E-state index >= 15 is 0 Å². The molecule has 0 radical (unpaired) electrons. The minimum Gasteiger partial charge on any atom is -0.274 e. The highest BCUT2D eigenvalue weighted by Gasteiger charge is 1.57. The molecule has 0 unspecified atom stereocenters. The zero-order valence-corrected chi connectivity index (χ0v) is 6.76. The highest BCUT2D eigenvalue weighted by Crippen LogP contribution is 1.62. The fourth-order valence-electron chi connectivity index (χ4n) is 0.195. The first-order valence-electron chi connectivity index (χ1n) is 3.38. The van der Waals surface area contributed by atoms with Gasteiger partial charge in [-0.1, -0.05) is 13.8 Å². The SMILES string of the molecule is CC.CC=NC=NCC. The Morgan fingerprint density at radius 1 is 1.33 bits per heavy atom. The van der Waals surface area contributed by atoms with Gasteiger partial charge in [-0.15, -0.1) is 0 Å². The highest BCUT2D eigenvalue weighted by molar-refractivity contribution is 5.70. The summed E-state index contributed by atoms with van der Waals surface area (Å²) in [5.41, 5.74) is 0. The van der Waals surface area contributed by atoms with Gasteiger partial charge < -0.3 is 0 Å². The van der Waals surface area contributed by atoms with E-state index in [-0.39, 0.29) is 0 Å². The molecule has 0 saturated heterocycles. The van der Waals surface area contributed by atoms with Crippen LogP contribution in [0.1, 0.15) is 27.7 Å². The first kappa shape index (κ1) is 11.2. The van der Waals surface area contributed by atoms with Crippen LogP contribution in [-0.4, -0.2) is 19.1 Å². The fraction of sp³-hybridized carbons (Fsp3) is 0.714. The van der Waals surface area contributed by atoms with Crippen molar-refractivity contribution in [3.05, 3.63) is 0 Å². The van der Waals surface area contributed by atoms with Crippen LogP contribution in [0.25, 0.3) is 0 Å². The quantitative estimate of drug-likeness (QED) is 0.402. The van der Waals surface area contributed by atoms with Crippen LogP contribution in [0, 0.1) is 0 Å². The first-order valence-corrected chi connectivity index (χ1v) is 3.38. The van der Waals surface area contributed by atoms with E-state index in [0.717, 1.165) is 6.54 Å². The van der Waals surface area contributed by atoms with Gasteiger partial charge in [0.15, 0.2) is 0 Å². The van der Waals surface area contributed by atoms with Crippen LogP contribution >= 0.6 is 0 Å². The normalized spacial score (nSPS) is 9.78. The van der Waals surface area contributed by atoms with Crippen molar-refractivity contribution >= 4 is 12.6 Å². The molecule has 54 valence electrons. The number of aliphatic imine (C=N–C) groups is 2. The molecule has 0 fully saturated rings. The van der Waals surface area contributed by atoms with E-state index in [0.29, 0.717) is 0 Å². The summed E-state index contributed by atoms with van der Waals surface area (Å²) in [5, 5.41) is 0. The third kappa shape index (κ3) is 18.8. The Morgan fingerprint density at radius 2 is 1.89 bits per heavy atom. The molecule has 0 aromatic heterocycles. The Labute approximate surface area is 57.7 Å². The Balaban J connectivity index is 0. The fourth-order valence-corrected chi connectivity index (χ4v) is 0.195. The van der Waals surface area contributed by atoms with Crippen LogP contribution in [0.4, 0.5) is 0 Å². The van der Waals surface area contributed by atoms with Gasteiger partial charge in [-0.2, -0.15) is 0 Å². The Kier molecular flexibility index (Phi) is 19.5. The molecule has 0 saturated carbocycles. The summed E-state index contributed by atoms with van der Waals surface area (Å²) < 4.78 is 0. The monoisotopic (exact) mass is 128 g/mol. The van der Waals surface area contributed by atoms with Crippen LogP contribution < -0.4 is 0 Å². The number of hydrogen-bond acceptors (Lipinski definition) is 1. The maximum absolute atomic E-state index is 3.84. The van der Waals surface area contributed by atoms with Crippen molar-refractivity contribution in [2.45, 2.75) is 27.7 Å². The predicted octanol–water partition coefficient (Wildman–Crippen LogP) is 2.15. The summed E-state index contributed by atoms with van der Waals surface area (Å²) in [6, 6.07) is 0. The molecular weight excluding hydrogens is 112 g/mol. The lowest BCUT2D eigenvalue weighted by Gasteiger charge is -1.72. The smallest absolute Gasteiger partial charge is 0.109 e. The molecule has 0 amide bonds. The van der Waals surface area contributed by atoms with E-state index < -0.39 is 0 Å². The van der Waals surface area contributed by atoms with Crippen LogP contribution in [0.5, 0.6) is 0 Å². The van der Waals surface area contributed by atoms with Crippen LogP contribution in [0.2, 0.25) is 0 Å². The van der Waals surface area contributed by atoms with Crippen molar-refractivity contribution in [1.29, 1.82) is 0 Å². The van der Waals surface area contributed by atoms with Gasteiger partial charge in [-0.05, 0) is 13.8 Å². The van der Waals surface area contributed by atoms with Crippen molar-refractivity contribution in [2.75, 3.05) is 6.54 Å². The molecule has 0 heterocycles. The number of rotatable bonds is 2. The molecule has 0 bridgehead atoms. The Morgan fingerprint density at radius 3 is 2.22 bits per heavy atom. The lowest BCUT2D eigenvalue weighted by atomic mass is 10.8. The van der Waals surface area contributed by atoms with E-state index in [4.69, 9.17) is 0 Å². The molecule has 0 spiro atoms. The van der Waals surface area contributed by atoms with Gasteiger partial charge in [0, 0.05) is 12.8 Å². The first-order chi connectivity index (χ1) is 4.41. The van der Waals surface area contributed by atoms with Crippen LogP contribution in [0.15, 0.2) is 9.98 Å². The molecular formula is C7H16N2.